The van der Waals surface area contributed by atoms with Gasteiger partial charge in [-0.2, -0.15) is 0 Å². The molecule has 0 amide bonds. The van der Waals surface area contributed by atoms with Gasteiger partial charge in [0.05, 0.1) is 72.2 Å². The molecule has 0 aromatic heterocycles. The molecule has 0 fully saturated rings. The number of ketones is 1. The Balaban J connectivity index is 0. The number of benzene rings is 4. The summed E-state index contributed by atoms with van der Waals surface area (Å²) < 4.78 is 52.1. The first-order valence-electron chi connectivity index (χ1n) is 33.4. The maximum absolute atomic E-state index is 11.4. The van der Waals surface area contributed by atoms with Crippen LogP contribution in [0.15, 0.2) is 197 Å². The van der Waals surface area contributed by atoms with Gasteiger partial charge in [0.1, 0.15) is 29.3 Å². The minimum absolute atomic E-state index is 0. The zero-order valence-electron chi connectivity index (χ0n) is 63.5. The van der Waals surface area contributed by atoms with Gasteiger partial charge in [0.15, 0.2) is 5.78 Å². The number of aliphatic carboxylic acids is 1. The molecule has 0 bridgehead atoms. The number of esters is 4. The number of hydrogen-bond acceptors (Lipinski definition) is 17. The Bertz CT molecular complexity index is 3700. The Morgan fingerprint density at radius 3 is 1.13 bits per heavy atom. The fourth-order valence-corrected chi connectivity index (χ4v) is 10.8. The first kappa shape index (κ1) is 95.3. The van der Waals surface area contributed by atoms with Crippen LogP contribution >= 0.6 is 39.0 Å². The van der Waals surface area contributed by atoms with Crippen LogP contribution in [0.25, 0.3) is 16.7 Å². The van der Waals surface area contributed by atoms with E-state index < -0.39 is 13.1 Å². The minimum Gasteiger partial charge on any atom is -1.00 e. The second-order valence-electron chi connectivity index (χ2n) is 23.4. The summed E-state index contributed by atoms with van der Waals surface area (Å²) in [5, 5.41) is 18.9. The van der Waals surface area contributed by atoms with E-state index in [2.05, 4.69) is 70.4 Å². The molecule has 8 rings (SSSR count). The van der Waals surface area contributed by atoms with Crippen molar-refractivity contribution >= 4 is 97.6 Å². The van der Waals surface area contributed by atoms with Crippen molar-refractivity contribution in [3.05, 3.63) is 219 Å². The van der Waals surface area contributed by atoms with Crippen LogP contribution in [0.3, 0.4) is 0 Å². The molecule has 4 heterocycles. The molecule has 556 valence electrons. The molecule has 4 aliphatic heterocycles. The number of fused-ring (bicyclic) bond motifs is 4. The molecule has 0 unspecified atom stereocenters. The van der Waals surface area contributed by atoms with Crippen LogP contribution in [0.5, 0.6) is 23.0 Å². The number of carboxylic acids is 1. The summed E-state index contributed by atoms with van der Waals surface area (Å²) in [6.07, 6.45) is 21.0. The molecular weight excluding hydrogens is 1470 g/mol. The number of allylic oxidation sites excluding steroid dienone is 11. The number of ether oxygens (including phenoxy) is 8. The van der Waals surface area contributed by atoms with Gasteiger partial charge in [-0.15, -0.1) is 0 Å². The van der Waals surface area contributed by atoms with E-state index in [9.17, 15) is 38.1 Å². The number of rotatable bonds is 18. The topological polar surface area (TPSA) is 251 Å². The van der Waals surface area contributed by atoms with Gasteiger partial charge in [0.2, 0.25) is 0 Å². The van der Waals surface area contributed by atoms with E-state index in [1.807, 2.05) is 133 Å². The van der Waals surface area contributed by atoms with E-state index in [1.165, 1.54) is 47.1 Å². The predicted molar refractivity (Wildman–Crippen MR) is 417 cm³/mol. The average Bonchev–Trinajstić information content (AvgIpc) is 0.851. The standard InChI is InChI=1S/C14H14O3.C14H16O2.C14H14O2.C9H17O3P.C9H8O2.2C7H11BrO2.C7H12O2.Na.H/c1-10(9-14(15)16)8-11-6-7-17-13-5-3-2-4-12(11)13;2*1-11(6-8-15)10-12-7-9-16-14-5-3-2-4-13(12)14;1-5-12-9(10)6-8(2)7-13(3,4)11;10-8-5-6-11-9-4-2-1-3-7(8)9;2*1-3-10-7(9)4-6(2)5-8;1-4-9-7(8)5-6(2)3;;/h2-5,8-9H,6-7H2,1H3,(H,15,16);2-6,10,15H,7-9H2,1H3;2-6,8,10H,7,9H2,1H3;6H,5,7H2,1-4H3;1-4H,5-6H2;2*4H,3,5H2,1-2H3;5H,4H2,1-3H3;;/q;;;;;;;;+1;-1/b10-9-,11-8+;11-6?,12-10+;11-6-,12-10+;8-6+;;6-4+;6-4-;;;. The van der Waals surface area contributed by atoms with Crippen LogP contribution in [-0.4, -0.2) is 142 Å². The molecule has 0 radical (unpaired) electrons. The fourth-order valence-electron chi connectivity index (χ4n) is 9.17. The number of carboxylic acid groups (broad SMARTS) is 1. The van der Waals surface area contributed by atoms with Crippen LogP contribution in [0, 0.1) is 0 Å². The Kier molecular flexibility index (Phi) is 51.6. The molecule has 2 N–H and O–H groups in total. The summed E-state index contributed by atoms with van der Waals surface area (Å²) in [7, 11) is -2.07. The first-order valence-corrected chi connectivity index (χ1v) is 38.5. The summed E-state index contributed by atoms with van der Waals surface area (Å²) in [5.41, 5.74) is 14.2. The molecular formula is C81H104Br2NaO18P. The maximum atomic E-state index is 11.4. The average molecular weight is 1580 g/mol. The van der Waals surface area contributed by atoms with Crippen molar-refractivity contribution in [3.63, 3.8) is 0 Å². The quantitative estimate of drug-likeness (QED) is 0.0179. The van der Waals surface area contributed by atoms with Gasteiger partial charge in [-0.05, 0) is 161 Å². The predicted octanol–water partition coefficient (Wildman–Crippen LogP) is 14.9. The SMILES string of the molecule is CC(=C/C(=O)O)/C=C1\CCOc2ccccc21.CC(=C/C=O)/C=C1\CCOc2ccccc21.CC(=CCO)/C=C1\CCOc2ccccc21.CCOC(=O)/C=C(/C)CBr.CCOC(=O)/C=C(\C)CBr.CCOC(=O)/C=C(\C)CP(C)(C)=O.CCOC(=O)C=C(C)C.O=C1CCOc2ccccc21.[H-].[Na+]. The summed E-state index contributed by atoms with van der Waals surface area (Å²) in [6.45, 7) is 29.9. The smallest absolute Gasteiger partial charge is 1.00 e. The maximum Gasteiger partial charge on any atom is 1.00 e. The number of aliphatic hydroxyl groups excluding tert-OH is 1. The first-order chi connectivity index (χ1) is 48.6. The van der Waals surface area contributed by atoms with Gasteiger partial charge < -0.3 is 54.1 Å². The van der Waals surface area contributed by atoms with Gasteiger partial charge in [0.25, 0.3) is 0 Å². The largest absolute Gasteiger partial charge is 1.00 e. The molecule has 0 saturated heterocycles. The third-order valence-corrected chi connectivity index (χ3v) is 16.4. The Hall–Kier alpha value is -7.68. The number of aldehydes is 1. The Morgan fingerprint density at radius 1 is 0.485 bits per heavy atom. The van der Waals surface area contributed by atoms with Crippen molar-refractivity contribution in [3.8, 4) is 23.0 Å². The second-order valence-corrected chi connectivity index (χ2v) is 28.0. The molecule has 4 aromatic rings. The molecule has 18 nitrogen and oxygen atoms in total. The summed E-state index contributed by atoms with van der Waals surface area (Å²) >= 11 is 6.44. The number of alkyl halides is 2. The van der Waals surface area contributed by atoms with Crippen LogP contribution in [0.4, 0.5) is 0 Å². The molecule has 0 spiro atoms. The minimum atomic E-state index is -2.07. The summed E-state index contributed by atoms with van der Waals surface area (Å²) in [5.74, 6) is 1.61. The molecule has 0 aliphatic carbocycles. The third kappa shape index (κ3) is 43.9. The zero-order valence-corrected chi connectivity index (χ0v) is 68.6. The van der Waals surface area contributed by atoms with Crippen molar-refractivity contribution in [2.75, 3.05) is 89.6 Å². The number of Topliss-reactive ketones (excluding diaryl/α,β-unsaturated/α-hetero) is 1. The van der Waals surface area contributed by atoms with Gasteiger partial charge >= 0.3 is 59.4 Å². The van der Waals surface area contributed by atoms with Gasteiger partial charge in [-0.3, -0.25) is 9.59 Å². The number of hydrogen-bond donors (Lipinski definition) is 2. The van der Waals surface area contributed by atoms with E-state index in [0.717, 1.165) is 116 Å². The monoisotopic (exact) mass is 1580 g/mol. The number of aliphatic hydroxyl groups is 1. The van der Waals surface area contributed by atoms with Crippen LogP contribution in [0.1, 0.15) is 137 Å². The van der Waals surface area contributed by atoms with Crippen molar-refractivity contribution < 1.29 is 117 Å². The van der Waals surface area contributed by atoms with E-state index in [-0.39, 0.29) is 67.3 Å². The molecule has 0 atom stereocenters. The molecule has 4 aromatic carbocycles. The van der Waals surface area contributed by atoms with E-state index in [1.54, 1.807) is 67.0 Å². The molecule has 0 saturated carbocycles. The van der Waals surface area contributed by atoms with Crippen molar-refractivity contribution in [1.29, 1.82) is 0 Å². The van der Waals surface area contributed by atoms with Crippen molar-refractivity contribution in [1.82, 2.24) is 0 Å². The van der Waals surface area contributed by atoms with Crippen molar-refractivity contribution in [2.45, 2.75) is 109 Å². The summed E-state index contributed by atoms with van der Waals surface area (Å²) in [4.78, 5) is 75.0. The Labute approximate surface area is 650 Å². The van der Waals surface area contributed by atoms with Gasteiger partial charge in [0, 0.05) is 89.6 Å². The number of para-hydroxylation sites is 4. The van der Waals surface area contributed by atoms with Crippen LogP contribution < -0.4 is 48.5 Å². The van der Waals surface area contributed by atoms with Gasteiger partial charge in [-0.1, -0.05) is 151 Å². The zero-order chi connectivity index (χ0) is 76.4. The van der Waals surface area contributed by atoms with E-state index >= 15 is 0 Å². The third-order valence-electron chi connectivity index (χ3n) is 13.4. The van der Waals surface area contributed by atoms with E-state index in [0.29, 0.717) is 69.5 Å². The van der Waals surface area contributed by atoms with Crippen molar-refractivity contribution in [2.24, 2.45) is 0 Å². The van der Waals surface area contributed by atoms with E-state index in [4.69, 9.17) is 33.9 Å². The Morgan fingerprint density at radius 2 is 0.806 bits per heavy atom. The number of carbonyl (C=O) groups excluding carboxylic acids is 6. The summed E-state index contributed by atoms with van der Waals surface area (Å²) in [6, 6.07) is 31.2. The van der Waals surface area contributed by atoms with Gasteiger partial charge in [-0.25, -0.2) is 24.0 Å². The molecule has 4 aliphatic rings. The number of carbonyl (C=O) groups is 7. The fraction of sp³-hybridized carbons (Fsp3) is 0.370. The van der Waals surface area contributed by atoms with Crippen LogP contribution in [-0.2, 0) is 52.3 Å². The van der Waals surface area contributed by atoms with Crippen LogP contribution in [0.2, 0.25) is 0 Å². The molecule has 22 heteroatoms. The molecule has 103 heavy (non-hydrogen) atoms. The normalized spacial score (nSPS) is 14.7. The number of halogens is 2. The second kappa shape index (κ2) is 55.8.